The second-order valence-corrected chi connectivity index (χ2v) is 5.60. The number of hydrogen-bond donors (Lipinski definition) is 1. The lowest BCUT2D eigenvalue weighted by Gasteiger charge is -2.18. The third-order valence-corrected chi connectivity index (χ3v) is 3.87. The van der Waals surface area contributed by atoms with Gasteiger partial charge in [-0.15, -0.1) is 0 Å². The molecule has 1 saturated heterocycles. The number of esters is 1. The van der Waals surface area contributed by atoms with Gasteiger partial charge in [0.2, 0.25) is 0 Å². The van der Waals surface area contributed by atoms with Crippen LogP contribution in [0.5, 0.6) is 0 Å². The molecule has 1 heterocycles. The summed E-state index contributed by atoms with van der Waals surface area (Å²) in [6, 6.07) is 4.11. The minimum atomic E-state index is -1.04. The zero-order valence-electron chi connectivity index (χ0n) is 13.3. The molecule has 0 bridgehead atoms. The Bertz CT molecular complexity index is 688. The molecule has 1 aromatic carbocycles. The first kappa shape index (κ1) is 17.6. The van der Waals surface area contributed by atoms with Crippen LogP contribution in [0, 0.1) is 5.82 Å². The van der Waals surface area contributed by atoms with E-state index in [2.05, 4.69) is 5.32 Å². The molecule has 0 aromatic heterocycles. The third-order valence-electron chi connectivity index (χ3n) is 3.87. The Morgan fingerprint density at radius 1 is 1.25 bits per heavy atom. The van der Waals surface area contributed by atoms with Gasteiger partial charge in [0.1, 0.15) is 17.9 Å². The maximum absolute atomic E-state index is 12.8. The largest absolute Gasteiger partial charge is 0.456 e. The number of nitrogens with one attached hydrogen (secondary N) is 1. The standard InChI is InChI=1S/C16H17FN2O5/c1-3-16(2)14(22)19(15(23)18-16)8-13(21)24-9-12(20)10-4-6-11(17)7-5-10/h4-7H,3,8-9H2,1-2H3,(H,18,23)/t16-/m0/s1. The van der Waals surface area contributed by atoms with Gasteiger partial charge in [-0.3, -0.25) is 19.3 Å². The molecule has 128 valence electrons. The SMILES string of the molecule is CC[C@]1(C)NC(=O)N(CC(=O)OCC(=O)c2ccc(F)cc2)C1=O. The Balaban J connectivity index is 1.90. The predicted octanol–water partition coefficient (Wildman–Crippen LogP) is 1.27. The molecule has 1 aliphatic heterocycles. The van der Waals surface area contributed by atoms with Crippen molar-refractivity contribution >= 4 is 23.7 Å². The summed E-state index contributed by atoms with van der Waals surface area (Å²) in [6.07, 6.45) is 0.381. The van der Waals surface area contributed by atoms with Crippen LogP contribution in [0.2, 0.25) is 0 Å². The van der Waals surface area contributed by atoms with E-state index >= 15 is 0 Å². The number of nitrogens with zero attached hydrogens (tertiary/aromatic N) is 1. The Kier molecular flexibility index (Phi) is 4.96. The average Bonchev–Trinajstić information content (AvgIpc) is 2.77. The van der Waals surface area contributed by atoms with Crippen molar-refractivity contribution in [1.29, 1.82) is 0 Å². The van der Waals surface area contributed by atoms with Gasteiger partial charge >= 0.3 is 12.0 Å². The van der Waals surface area contributed by atoms with Crippen molar-refractivity contribution in [2.45, 2.75) is 25.8 Å². The number of urea groups is 1. The molecule has 0 unspecified atom stereocenters. The van der Waals surface area contributed by atoms with E-state index in [0.717, 1.165) is 17.0 Å². The molecule has 0 saturated carbocycles. The quantitative estimate of drug-likeness (QED) is 0.480. The Morgan fingerprint density at radius 2 is 1.88 bits per heavy atom. The van der Waals surface area contributed by atoms with Crippen LogP contribution in [0.4, 0.5) is 9.18 Å². The van der Waals surface area contributed by atoms with Crippen LogP contribution in [-0.2, 0) is 14.3 Å². The van der Waals surface area contributed by atoms with Gasteiger partial charge < -0.3 is 10.1 Å². The Morgan fingerprint density at radius 3 is 2.42 bits per heavy atom. The van der Waals surface area contributed by atoms with Gasteiger partial charge in [0, 0.05) is 5.56 Å². The molecular weight excluding hydrogens is 319 g/mol. The summed E-state index contributed by atoms with van der Waals surface area (Å²) in [4.78, 5) is 48.2. The molecule has 24 heavy (non-hydrogen) atoms. The summed E-state index contributed by atoms with van der Waals surface area (Å²) in [5.41, 5.74) is -0.848. The summed E-state index contributed by atoms with van der Waals surface area (Å²) >= 11 is 0. The van der Waals surface area contributed by atoms with E-state index in [1.807, 2.05) is 0 Å². The van der Waals surface area contributed by atoms with Crippen molar-refractivity contribution in [1.82, 2.24) is 10.2 Å². The van der Waals surface area contributed by atoms with Crippen LogP contribution in [-0.4, -0.2) is 47.3 Å². The van der Waals surface area contributed by atoms with Gasteiger partial charge in [-0.05, 0) is 37.6 Å². The molecule has 7 nitrogen and oxygen atoms in total. The van der Waals surface area contributed by atoms with Crippen LogP contribution in [0.3, 0.4) is 0 Å². The van der Waals surface area contributed by atoms with Crippen LogP contribution in [0.1, 0.15) is 30.6 Å². The smallest absolute Gasteiger partial charge is 0.326 e. The highest BCUT2D eigenvalue weighted by atomic mass is 19.1. The Hall–Kier alpha value is -2.77. The number of imide groups is 1. The molecule has 8 heteroatoms. The van der Waals surface area contributed by atoms with Crippen LogP contribution in [0.15, 0.2) is 24.3 Å². The van der Waals surface area contributed by atoms with Crippen molar-refractivity contribution in [2.24, 2.45) is 0 Å². The molecule has 1 aliphatic rings. The molecule has 1 aromatic rings. The van der Waals surface area contributed by atoms with E-state index in [1.165, 1.54) is 12.1 Å². The number of ketones is 1. The molecular formula is C16H17FN2O5. The highest BCUT2D eigenvalue weighted by molar-refractivity contribution is 6.08. The van der Waals surface area contributed by atoms with Gasteiger partial charge in [-0.25, -0.2) is 9.18 Å². The van der Waals surface area contributed by atoms with Gasteiger partial charge in [-0.2, -0.15) is 0 Å². The van der Waals surface area contributed by atoms with E-state index in [4.69, 9.17) is 4.74 Å². The van der Waals surface area contributed by atoms with Crippen molar-refractivity contribution in [3.8, 4) is 0 Å². The minimum Gasteiger partial charge on any atom is -0.456 e. The highest BCUT2D eigenvalue weighted by Gasteiger charge is 2.47. The lowest BCUT2D eigenvalue weighted by atomic mass is 9.99. The highest BCUT2D eigenvalue weighted by Crippen LogP contribution is 2.20. The maximum Gasteiger partial charge on any atom is 0.326 e. The lowest BCUT2D eigenvalue weighted by molar-refractivity contribution is -0.146. The number of rotatable bonds is 6. The van der Waals surface area contributed by atoms with E-state index in [9.17, 15) is 23.6 Å². The average molecular weight is 336 g/mol. The van der Waals surface area contributed by atoms with Gasteiger partial charge in [0.25, 0.3) is 5.91 Å². The first-order valence-electron chi connectivity index (χ1n) is 7.35. The number of ether oxygens (including phenoxy) is 1. The predicted molar refractivity (Wildman–Crippen MR) is 80.6 cm³/mol. The molecule has 0 spiro atoms. The summed E-state index contributed by atoms with van der Waals surface area (Å²) in [6.45, 7) is 2.17. The second-order valence-electron chi connectivity index (χ2n) is 5.60. The molecule has 1 N–H and O–H groups in total. The monoisotopic (exact) mass is 336 g/mol. The Labute approximate surface area is 137 Å². The second kappa shape index (κ2) is 6.77. The van der Waals surface area contributed by atoms with Crippen molar-refractivity contribution in [2.75, 3.05) is 13.2 Å². The van der Waals surface area contributed by atoms with Gasteiger partial charge in [0.15, 0.2) is 12.4 Å². The normalized spacial score (nSPS) is 20.0. The molecule has 3 amide bonds. The minimum absolute atomic E-state index is 0.192. The van der Waals surface area contributed by atoms with Crippen LogP contribution < -0.4 is 5.32 Å². The van der Waals surface area contributed by atoms with Crippen LogP contribution in [0.25, 0.3) is 0 Å². The van der Waals surface area contributed by atoms with Gasteiger partial charge in [0.05, 0.1) is 0 Å². The zero-order chi connectivity index (χ0) is 17.9. The molecule has 1 fully saturated rings. The molecule has 1 atom stereocenters. The van der Waals surface area contributed by atoms with Gasteiger partial charge in [-0.1, -0.05) is 6.92 Å². The summed E-state index contributed by atoms with van der Waals surface area (Å²) in [5, 5.41) is 2.51. The van der Waals surface area contributed by atoms with Crippen molar-refractivity contribution in [3.63, 3.8) is 0 Å². The fraction of sp³-hybridized carbons (Fsp3) is 0.375. The number of carbonyl (C=O) groups excluding carboxylic acids is 4. The van der Waals surface area contributed by atoms with E-state index in [-0.39, 0.29) is 5.56 Å². The van der Waals surface area contributed by atoms with Crippen molar-refractivity contribution < 1.29 is 28.3 Å². The molecule has 0 aliphatic carbocycles. The fourth-order valence-electron chi connectivity index (χ4n) is 2.17. The third kappa shape index (κ3) is 3.58. The first-order chi connectivity index (χ1) is 11.3. The number of carbonyl (C=O) groups is 4. The fourth-order valence-corrected chi connectivity index (χ4v) is 2.17. The number of amides is 3. The molecule has 2 rings (SSSR count). The zero-order valence-corrected chi connectivity index (χ0v) is 13.3. The van der Waals surface area contributed by atoms with E-state index in [0.29, 0.717) is 6.42 Å². The summed E-state index contributed by atoms with van der Waals surface area (Å²) < 4.78 is 17.6. The van der Waals surface area contributed by atoms with E-state index in [1.54, 1.807) is 13.8 Å². The summed E-state index contributed by atoms with van der Waals surface area (Å²) in [7, 11) is 0. The first-order valence-corrected chi connectivity index (χ1v) is 7.35. The topological polar surface area (TPSA) is 92.8 Å². The van der Waals surface area contributed by atoms with E-state index < -0.39 is 48.2 Å². The number of hydrogen-bond acceptors (Lipinski definition) is 5. The molecule has 0 radical (unpaired) electrons. The lowest BCUT2D eigenvalue weighted by Crippen LogP contribution is -2.43. The maximum atomic E-state index is 12.8. The number of halogens is 1. The van der Waals surface area contributed by atoms with Crippen molar-refractivity contribution in [3.05, 3.63) is 35.6 Å². The number of Topliss-reactive ketones (excluding diaryl/α,β-unsaturated/α-hetero) is 1. The van der Waals surface area contributed by atoms with Crippen LogP contribution >= 0.6 is 0 Å². The number of benzene rings is 1. The summed E-state index contributed by atoms with van der Waals surface area (Å²) in [5.74, 6) is -2.40.